The topological polar surface area (TPSA) is 105 Å². The fraction of sp³-hybridized carbons (Fsp3) is 0.529. The summed E-state index contributed by atoms with van der Waals surface area (Å²) >= 11 is 37.4. The van der Waals surface area contributed by atoms with Crippen LogP contribution in [0.4, 0.5) is 0 Å². The molecule has 0 aliphatic rings. The lowest BCUT2D eigenvalue weighted by Crippen LogP contribution is -2.27. The number of carbonyl (C=O) groups excluding carboxylic acids is 4. The normalized spacial score (nSPS) is 12.5. The molecule has 2 unspecified atom stereocenters. The molecule has 0 spiro atoms. The van der Waals surface area contributed by atoms with E-state index >= 15 is 0 Å². The lowest BCUT2D eigenvalue weighted by Gasteiger charge is -2.19. The first-order chi connectivity index (χ1) is 22.5. The summed E-state index contributed by atoms with van der Waals surface area (Å²) in [6.45, 7) is 12.8. The molecule has 2 aromatic carbocycles. The van der Waals surface area contributed by atoms with Gasteiger partial charge in [-0.25, -0.2) is 19.2 Å². The van der Waals surface area contributed by atoms with Crippen LogP contribution in [0.5, 0.6) is 11.5 Å². The predicted molar refractivity (Wildman–Crippen MR) is 190 cm³/mol. The Labute approximate surface area is 311 Å². The molecule has 2 aromatic rings. The van der Waals surface area contributed by atoms with Gasteiger partial charge in [0.15, 0.2) is 11.5 Å². The highest BCUT2D eigenvalue weighted by Crippen LogP contribution is 2.42. The van der Waals surface area contributed by atoms with Crippen LogP contribution in [0.1, 0.15) is 101 Å². The van der Waals surface area contributed by atoms with Crippen molar-refractivity contribution in [1.82, 2.24) is 0 Å². The first kappa shape index (κ1) is 42.2. The van der Waals surface area contributed by atoms with E-state index in [1.165, 1.54) is 0 Å². The first-order valence-corrected chi connectivity index (χ1v) is 17.9. The molecule has 0 heterocycles. The Morgan fingerprint density at radius 3 is 1.21 bits per heavy atom. The molecule has 0 radical (unpaired) electrons. The smallest absolute Gasteiger partial charge is 0.423 e. The van der Waals surface area contributed by atoms with Crippen LogP contribution in [0.2, 0.25) is 30.1 Å². The average Bonchev–Trinajstić information content (AvgIpc) is 3.01. The van der Waals surface area contributed by atoms with Gasteiger partial charge in [0.2, 0.25) is 0 Å². The molecule has 0 aliphatic carbocycles. The number of ether oxygens (including phenoxy) is 4. The number of esters is 4. The summed E-state index contributed by atoms with van der Waals surface area (Å²) in [4.78, 5) is 52.1. The standard InChI is InChI=1S/C34H40Cl6O8/c1-7-19(17(3)4)11-9-13-45-31(41)25-27(39)21(35)15-23(37)29(25)47-33(43)34(44)48-30-24(38)16-22(36)28(40)26(30)32(42)46-14-10-12-20(8-2)18(5)6/h15-20H,7-14H2,1-6H3. The van der Waals surface area contributed by atoms with Crippen molar-refractivity contribution in [2.45, 2.75) is 80.1 Å². The van der Waals surface area contributed by atoms with Gasteiger partial charge in [0.1, 0.15) is 11.1 Å². The molecule has 0 fully saturated rings. The minimum atomic E-state index is -1.65. The Morgan fingerprint density at radius 2 is 0.917 bits per heavy atom. The van der Waals surface area contributed by atoms with Gasteiger partial charge in [-0.15, -0.1) is 0 Å². The van der Waals surface area contributed by atoms with Gasteiger partial charge in [-0.3, -0.25) is 0 Å². The third kappa shape index (κ3) is 11.6. The quantitative estimate of drug-likeness (QED) is 0.0544. The summed E-state index contributed by atoms with van der Waals surface area (Å²) < 4.78 is 21.1. The predicted octanol–water partition coefficient (Wildman–Crippen LogP) is 11.4. The van der Waals surface area contributed by atoms with Crippen molar-refractivity contribution in [3.63, 3.8) is 0 Å². The van der Waals surface area contributed by atoms with Crippen LogP contribution in [-0.2, 0) is 19.1 Å². The van der Waals surface area contributed by atoms with Crippen LogP contribution in [0.25, 0.3) is 0 Å². The molecule has 0 saturated carbocycles. The van der Waals surface area contributed by atoms with Crippen LogP contribution in [0, 0.1) is 23.7 Å². The Morgan fingerprint density at radius 1 is 0.583 bits per heavy atom. The van der Waals surface area contributed by atoms with Gasteiger partial charge >= 0.3 is 23.9 Å². The van der Waals surface area contributed by atoms with E-state index in [9.17, 15) is 19.2 Å². The van der Waals surface area contributed by atoms with E-state index in [-0.39, 0.29) is 43.3 Å². The number of halogens is 6. The van der Waals surface area contributed by atoms with Crippen molar-refractivity contribution in [3.8, 4) is 11.5 Å². The van der Waals surface area contributed by atoms with Gasteiger partial charge in [0, 0.05) is 0 Å². The third-order valence-corrected chi connectivity index (χ3v) is 10.2. The molecule has 0 aromatic heterocycles. The number of hydrogen-bond donors (Lipinski definition) is 0. The molecule has 2 rings (SSSR count). The van der Waals surface area contributed by atoms with Gasteiger partial charge in [0.05, 0.1) is 43.3 Å². The average molecular weight is 789 g/mol. The monoisotopic (exact) mass is 786 g/mol. The maximum absolute atomic E-state index is 13.1. The number of rotatable bonds is 16. The maximum Gasteiger partial charge on any atom is 0.423 e. The highest BCUT2D eigenvalue weighted by molar-refractivity contribution is 6.47. The molecular formula is C34H40Cl6O8. The van der Waals surface area contributed by atoms with Crippen LogP contribution < -0.4 is 9.47 Å². The molecule has 2 atom stereocenters. The Kier molecular flexibility index (Phi) is 17.6. The minimum absolute atomic E-state index is 0.0452. The Hall–Kier alpha value is -1.94. The summed E-state index contributed by atoms with van der Waals surface area (Å²) in [7, 11) is 0. The fourth-order valence-electron chi connectivity index (χ4n) is 5.17. The highest BCUT2D eigenvalue weighted by Gasteiger charge is 2.32. The minimum Gasteiger partial charge on any atom is -0.462 e. The van der Waals surface area contributed by atoms with Gasteiger partial charge < -0.3 is 18.9 Å². The van der Waals surface area contributed by atoms with Gasteiger partial charge in [-0.2, -0.15) is 0 Å². The second-order valence-electron chi connectivity index (χ2n) is 11.9. The van der Waals surface area contributed by atoms with Crippen molar-refractivity contribution in [1.29, 1.82) is 0 Å². The van der Waals surface area contributed by atoms with E-state index in [4.69, 9.17) is 88.6 Å². The zero-order valence-electron chi connectivity index (χ0n) is 27.7. The summed E-state index contributed by atoms with van der Waals surface area (Å²) in [6.07, 6.45) is 4.74. The highest BCUT2D eigenvalue weighted by atomic mass is 35.5. The largest absolute Gasteiger partial charge is 0.462 e. The molecular weight excluding hydrogens is 749 g/mol. The van der Waals surface area contributed by atoms with Crippen molar-refractivity contribution in [3.05, 3.63) is 53.4 Å². The molecule has 0 amide bonds. The molecule has 0 N–H and O–H groups in total. The van der Waals surface area contributed by atoms with Crippen molar-refractivity contribution in [2.75, 3.05) is 13.2 Å². The Bertz CT molecular complexity index is 1370. The molecule has 266 valence electrons. The molecule has 14 heteroatoms. The maximum atomic E-state index is 13.1. The molecule has 0 saturated heterocycles. The second-order valence-corrected chi connectivity index (χ2v) is 14.3. The van der Waals surface area contributed by atoms with E-state index in [0.717, 1.165) is 37.8 Å². The summed E-state index contributed by atoms with van der Waals surface area (Å²) in [5, 5.41) is -1.51. The Balaban J connectivity index is 2.26. The molecule has 48 heavy (non-hydrogen) atoms. The van der Waals surface area contributed by atoms with Crippen molar-refractivity contribution >= 4 is 93.5 Å². The number of benzene rings is 2. The zero-order chi connectivity index (χ0) is 36.3. The SMILES string of the molecule is CCC(CCCOC(=O)c1c(Cl)c(Cl)cc(Cl)c1OC(=O)C(=O)Oc1c(Cl)cc(Cl)c(Cl)c1C(=O)OCCCC(CC)C(C)C)C(C)C. The van der Waals surface area contributed by atoms with E-state index in [0.29, 0.717) is 36.5 Å². The second kappa shape index (κ2) is 20.0. The van der Waals surface area contributed by atoms with Crippen LogP contribution in [0.3, 0.4) is 0 Å². The lowest BCUT2D eigenvalue weighted by atomic mass is 9.89. The van der Waals surface area contributed by atoms with Gasteiger partial charge in [-0.1, -0.05) is 124 Å². The summed E-state index contributed by atoms with van der Waals surface area (Å²) in [6, 6.07) is 2.25. The van der Waals surface area contributed by atoms with Crippen LogP contribution in [-0.4, -0.2) is 37.1 Å². The van der Waals surface area contributed by atoms with E-state index < -0.39 is 46.5 Å². The van der Waals surface area contributed by atoms with Gasteiger partial charge in [-0.05, 0) is 61.5 Å². The first-order valence-electron chi connectivity index (χ1n) is 15.7. The molecule has 0 aliphatic heterocycles. The fourth-order valence-corrected chi connectivity index (χ4v) is 6.61. The molecule has 8 nitrogen and oxygen atoms in total. The zero-order valence-corrected chi connectivity index (χ0v) is 32.2. The van der Waals surface area contributed by atoms with E-state index in [2.05, 4.69) is 41.5 Å². The van der Waals surface area contributed by atoms with Crippen molar-refractivity contribution in [2.24, 2.45) is 23.7 Å². The summed E-state index contributed by atoms with van der Waals surface area (Å²) in [5.74, 6) is -4.59. The lowest BCUT2D eigenvalue weighted by molar-refractivity contribution is -0.156. The number of hydrogen-bond acceptors (Lipinski definition) is 8. The third-order valence-electron chi connectivity index (χ3n) is 8.06. The van der Waals surface area contributed by atoms with Gasteiger partial charge in [0.25, 0.3) is 0 Å². The van der Waals surface area contributed by atoms with Crippen LogP contribution in [0.15, 0.2) is 12.1 Å². The number of carbonyl (C=O) groups is 4. The van der Waals surface area contributed by atoms with Crippen LogP contribution >= 0.6 is 69.6 Å². The van der Waals surface area contributed by atoms with E-state index in [1.54, 1.807) is 0 Å². The molecule has 0 bridgehead atoms. The van der Waals surface area contributed by atoms with E-state index in [1.807, 2.05) is 0 Å². The van der Waals surface area contributed by atoms with Crippen molar-refractivity contribution < 1.29 is 38.1 Å². The summed E-state index contributed by atoms with van der Waals surface area (Å²) in [5.41, 5.74) is -0.934.